The van der Waals surface area contributed by atoms with Crippen LogP contribution in [0.2, 0.25) is 25.1 Å². The molecule has 0 unspecified atom stereocenters. The van der Waals surface area contributed by atoms with Gasteiger partial charge < -0.3 is 0 Å². The molecule has 1 aromatic carbocycles. The Bertz CT molecular complexity index is 727. The van der Waals surface area contributed by atoms with Crippen molar-refractivity contribution in [1.82, 2.24) is 0 Å². The highest BCUT2D eigenvalue weighted by molar-refractivity contribution is 7.95. The topological polar surface area (TPSA) is 111 Å². The Hall–Kier alpha value is 0.450. The molecule has 0 aliphatic heterocycles. The van der Waals surface area contributed by atoms with E-state index in [0.717, 1.165) is 0 Å². The van der Waals surface area contributed by atoms with E-state index in [9.17, 15) is 16.8 Å². The Kier molecular flexibility index (Phi) is 6.05. The van der Waals surface area contributed by atoms with Gasteiger partial charge in [0.25, 0.3) is 0 Å². The summed E-state index contributed by atoms with van der Waals surface area (Å²) in [6.07, 6.45) is 0. The van der Waals surface area contributed by atoms with Crippen molar-refractivity contribution in [2.45, 2.75) is 6.61 Å². The smallest absolute Gasteiger partial charge is 0.222 e. The van der Waals surface area contributed by atoms with E-state index in [1.54, 1.807) is 0 Å². The number of hydrogen-bond acceptors (Lipinski definition) is 4. The van der Waals surface area contributed by atoms with Crippen LogP contribution in [0.4, 0.5) is 0 Å². The molecule has 7 nitrogen and oxygen atoms in total. The molecule has 0 atom stereocenters. The standard InChI is InChI=1S/C7H3Cl5O7S2/c8-3-2(4(9)6(11)7(12)5(3)10)1-19(20(13,14)15)21(16,17)18/h1H2,(H-,13,14,15,16,17,18)/p+1. The van der Waals surface area contributed by atoms with Gasteiger partial charge in [-0.05, 0) is 0 Å². The first kappa shape index (κ1) is 19.5. The van der Waals surface area contributed by atoms with Gasteiger partial charge in [0.2, 0.25) is 6.61 Å². The summed E-state index contributed by atoms with van der Waals surface area (Å²) >= 11 is 28.7. The van der Waals surface area contributed by atoms with Crippen molar-refractivity contribution in [1.29, 1.82) is 0 Å². The molecule has 0 bridgehead atoms. The monoisotopic (exact) mass is 439 g/mol. The maximum Gasteiger partial charge on any atom is 0.547 e. The normalized spacial score (nSPS) is 13.0. The van der Waals surface area contributed by atoms with Crippen molar-refractivity contribution < 1.29 is 29.2 Å². The lowest BCUT2D eigenvalue weighted by atomic mass is 10.2. The molecule has 14 heteroatoms. The second-order valence-corrected chi connectivity index (χ2v) is 7.97. The minimum atomic E-state index is -5.41. The molecule has 0 heterocycles. The summed E-state index contributed by atoms with van der Waals surface area (Å²) < 4.78 is 61.8. The van der Waals surface area contributed by atoms with E-state index < -0.39 is 43.0 Å². The van der Waals surface area contributed by atoms with Crippen LogP contribution in [0.1, 0.15) is 5.56 Å². The highest BCUT2D eigenvalue weighted by Gasteiger charge is 2.41. The third-order valence-corrected chi connectivity index (χ3v) is 6.59. The Morgan fingerprint density at radius 2 is 1.00 bits per heavy atom. The first-order chi connectivity index (χ1) is 9.28. The van der Waals surface area contributed by atoms with Crippen molar-refractivity contribution >= 4 is 78.8 Å². The van der Waals surface area contributed by atoms with Crippen LogP contribution >= 0.6 is 58.0 Å². The molecular weight excluding hydrogens is 437 g/mol. The number of hydrogen-bond donors (Lipinski definition) is 2. The van der Waals surface area contributed by atoms with Crippen LogP contribution < -0.4 is 0 Å². The first-order valence-corrected chi connectivity index (χ1v) is 9.07. The van der Waals surface area contributed by atoms with E-state index in [1.807, 2.05) is 0 Å². The van der Waals surface area contributed by atoms with Crippen molar-refractivity contribution in [3.63, 3.8) is 0 Å². The van der Waals surface area contributed by atoms with Gasteiger partial charge in [-0.1, -0.05) is 58.0 Å². The lowest BCUT2D eigenvalue weighted by molar-refractivity contribution is 0.126. The molecule has 0 saturated carbocycles. The van der Waals surface area contributed by atoms with E-state index in [0.29, 0.717) is 3.26 Å². The number of benzene rings is 1. The third kappa shape index (κ3) is 4.25. The minimum absolute atomic E-state index is 0.243. The highest BCUT2D eigenvalue weighted by atomic mass is 35.5. The van der Waals surface area contributed by atoms with E-state index >= 15 is 0 Å². The number of rotatable bonds is 4. The van der Waals surface area contributed by atoms with E-state index in [2.05, 4.69) is 0 Å². The van der Waals surface area contributed by atoms with Gasteiger partial charge in [0.1, 0.15) is 0 Å². The molecular formula is C7H4Cl5O7S2+. The van der Waals surface area contributed by atoms with Crippen LogP contribution in [-0.2, 0) is 30.7 Å². The third-order valence-electron chi connectivity index (χ3n) is 2.03. The van der Waals surface area contributed by atoms with Crippen LogP contribution in [0.15, 0.2) is 0 Å². The summed E-state index contributed by atoms with van der Waals surface area (Å²) in [5.74, 6) is 0. The van der Waals surface area contributed by atoms with E-state index in [4.69, 9.17) is 67.1 Å². The van der Waals surface area contributed by atoms with Gasteiger partial charge in [-0.3, -0.25) is 0 Å². The summed E-state index contributed by atoms with van der Waals surface area (Å²) in [6.45, 7) is -1.23. The van der Waals surface area contributed by atoms with Gasteiger partial charge in [0, 0.05) is 0 Å². The first-order valence-electron chi connectivity index (χ1n) is 4.45. The Morgan fingerprint density at radius 1 is 0.714 bits per heavy atom. The Labute approximate surface area is 144 Å². The largest absolute Gasteiger partial charge is 0.547 e. The fourth-order valence-electron chi connectivity index (χ4n) is 1.15. The summed E-state index contributed by atoms with van der Waals surface area (Å²) in [4.78, 5) is 0. The van der Waals surface area contributed by atoms with Gasteiger partial charge in [0.15, 0.2) is 0 Å². The van der Waals surface area contributed by atoms with Crippen LogP contribution in [-0.4, -0.2) is 25.9 Å². The molecule has 120 valence electrons. The van der Waals surface area contributed by atoms with Crippen molar-refractivity contribution in [3.05, 3.63) is 30.7 Å². The molecule has 0 spiro atoms. The lowest BCUT2D eigenvalue weighted by Gasteiger charge is -2.14. The molecule has 0 amide bonds. The molecule has 0 aliphatic carbocycles. The minimum Gasteiger partial charge on any atom is -0.222 e. The van der Waals surface area contributed by atoms with E-state index in [-0.39, 0.29) is 15.1 Å². The van der Waals surface area contributed by atoms with Crippen molar-refractivity contribution in [3.8, 4) is 0 Å². The lowest BCUT2D eigenvalue weighted by Crippen LogP contribution is -2.28. The van der Waals surface area contributed by atoms with Gasteiger partial charge in [0.05, 0.1) is 30.7 Å². The zero-order chi connectivity index (χ0) is 16.7. The van der Waals surface area contributed by atoms with Gasteiger partial charge in [-0.25, -0.2) is 9.11 Å². The molecule has 2 N–H and O–H groups in total. The highest BCUT2D eigenvalue weighted by Crippen LogP contribution is 2.45. The molecule has 0 aliphatic rings. The fraction of sp³-hybridized carbons (Fsp3) is 0.143. The van der Waals surface area contributed by atoms with Gasteiger partial charge in [-0.15, -0.1) is 16.8 Å². The zero-order valence-electron chi connectivity index (χ0n) is 9.35. The predicted molar refractivity (Wildman–Crippen MR) is 79.4 cm³/mol. The quantitative estimate of drug-likeness (QED) is 0.320. The SMILES string of the molecule is O=S(=O)(O)[O+](Cc1c(Cl)c(Cl)c(Cl)c(Cl)c1Cl)S(=O)(=O)O. The zero-order valence-corrected chi connectivity index (χ0v) is 14.8. The predicted octanol–water partition coefficient (Wildman–Crippen LogP) is 3.61. The molecule has 0 radical (unpaired) electrons. The van der Waals surface area contributed by atoms with Crippen LogP contribution in [0.5, 0.6) is 0 Å². The summed E-state index contributed by atoms with van der Waals surface area (Å²) in [5, 5.41) is -1.73. The van der Waals surface area contributed by atoms with Crippen LogP contribution in [0.25, 0.3) is 0 Å². The Morgan fingerprint density at radius 3 is 1.29 bits per heavy atom. The van der Waals surface area contributed by atoms with Crippen LogP contribution in [0.3, 0.4) is 0 Å². The second-order valence-electron chi connectivity index (χ2n) is 3.35. The molecule has 0 aromatic heterocycles. The Balaban J connectivity index is 3.57. The molecule has 0 saturated heterocycles. The molecule has 1 aromatic rings. The maximum absolute atomic E-state index is 11.0. The summed E-state index contributed by atoms with van der Waals surface area (Å²) in [5.41, 5.74) is -0.419. The average Bonchev–Trinajstić information content (AvgIpc) is 2.30. The summed E-state index contributed by atoms with van der Waals surface area (Å²) in [6, 6.07) is 0. The van der Waals surface area contributed by atoms with Gasteiger partial charge in [-0.2, -0.15) is 3.26 Å². The van der Waals surface area contributed by atoms with Crippen molar-refractivity contribution in [2.24, 2.45) is 0 Å². The maximum atomic E-state index is 11.0. The van der Waals surface area contributed by atoms with Crippen molar-refractivity contribution in [2.75, 3.05) is 0 Å². The molecule has 1 rings (SSSR count). The average molecular weight is 442 g/mol. The molecule has 0 fully saturated rings. The van der Waals surface area contributed by atoms with Gasteiger partial charge >= 0.3 is 20.8 Å². The second kappa shape index (κ2) is 6.52. The van der Waals surface area contributed by atoms with E-state index in [1.165, 1.54) is 0 Å². The summed E-state index contributed by atoms with van der Waals surface area (Å²) in [7, 11) is -10.8. The molecule has 21 heavy (non-hydrogen) atoms. The fourth-order valence-corrected chi connectivity index (χ4v) is 3.84. The van der Waals surface area contributed by atoms with Crippen LogP contribution in [0, 0.1) is 0 Å². The number of halogens is 5.